The number of benzene rings is 4. The van der Waals surface area contributed by atoms with Crippen molar-refractivity contribution in [2.75, 3.05) is 44.5 Å². The highest BCUT2D eigenvalue weighted by atomic mass is 35.5. The highest BCUT2D eigenvalue weighted by Gasteiger charge is 2.40. The molecule has 15 aromatic rings. The van der Waals surface area contributed by atoms with E-state index in [1.54, 1.807) is 159 Å². The number of anilines is 2. The third-order valence-corrected chi connectivity index (χ3v) is 20.9. The number of amides is 4. The number of likely N-dealkylation sites (N-methyl/N-ethyl adjacent to an activating group) is 1. The van der Waals surface area contributed by atoms with Crippen molar-refractivity contribution in [3.63, 3.8) is 0 Å². The fourth-order valence-electron chi connectivity index (χ4n) is 12.9. The van der Waals surface area contributed by atoms with Crippen LogP contribution in [-0.4, -0.2) is 130 Å². The van der Waals surface area contributed by atoms with E-state index in [0.29, 0.717) is 135 Å². The van der Waals surface area contributed by atoms with Gasteiger partial charge in [-0.3, -0.25) is 46.7 Å². The van der Waals surface area contributed by atoms with Crippen LogP contribution in [-0.2, 0) is 50.2 Å². The van der Waals surface area contributed by atoms with Gasteiger partial charge in [0.05, 0.1) is 49.8 Å². The molecule has 0 radical (unpaired) electrons. The van der Waals surface area contributed by atoms with Crippen LogP contribution in [0.1, 0.15) is 75.9 Å². The van der Waals surface area contributed by atoms with Crippen LogP contribution in [0.5, 0.6) is 0 Å². The molecule has 0 atom stereocenters. The van der Waals surface area contributed by atoms with Crippen LogP contribution in [0.3, 0.4) is 0 Å². The number of fused-ring (bicyclic) bond motifs is 5. The van der Waals surface area contributed by atoms with Crippen molar-refractivity contribution < 1.29 is 37.1 Å². The zero-order valence-electron chi connectivity index (χ0n) is 61.6. The molecule has 0 bridgehead atoms. The van der Waals surface area contributed by atoms with Gasteiger partial charge in [0.2, 0.25) is 5.82 Å². The van der Waals surface area contributed by atoms with E-state index in [2.05, 4.69) is 50.7 Å². The van der Waals surface area contributed by atoms with Crippen LogP contribution in [0.4, 0.5) is 24.5 Å². The van der Waals surface area contributed by atoms with E-state index >= 15 is 0 Å². The van der Waals surface area contributed by atoms with Crippen molar-refractivity contribution in [1.82, 2.24) is 72.1 Å². The van der Waals surface area contributed by atoms with Gasteiger partial charge in [-0.1, -0.05) is 117 Å². The zero-order valence-corrected chi connectivity index (χ0v) is 67.6. The molecule has 1 aliphatic rings. The zero-order chi connectivity index (χ0) is 83.1. The molecule has 0 aliphatic carbocycles. The Labute approximate surface area is 704 Å². The summed E-state index contributed by atoms with van der Waals surface area (Å²) in [4.78, 5) is 79.9. The van der Waals surface area contributed by atoms with Crippen LogP contribution >= 0.6 is 92.8 Å². The van der Waals surface area contributed by atoms with Gasteiger partial charge in [0.15, 0.2) is 5.82 Å². The third kappa shape index (κ3) is 18.5. The van der Waals surface area contributed by atoms with Gasteiger partial charge in [0.25, 0.3) is 23.6 Å². The fourth-order valence-corrected chi connectivity index (χ4v) is 14.9. The maximum atomic E-state index is 13.3. The number of hydrogen-bond acceptors (Lipinski definition) is 17. The van der Waals surface area contributed by atoms with Crippen molar-refractivity contribution in [2.45, 2.75) is 45.4 Å². The summed E-state index contributed by atoms with van der Waals surface area (Å²) >= 11 is 49.6. The minimum atomic E-state index is -4.61. The number of rotatable bonds is 17. The number of nitrogens with two attached hydrogens (primary N) is 4. The summed E-state index contributed by atoms with van der Waals surface area (Å²) in [6.45, 7) is 1.97. The Bertz CT molecular complexity index is 6080. The molecule has 0 spiro atoms. The number of ether oxygens (including phenoxy) is 1. The van der Waals surface area contributed by atoms with Gasteiger partial charge < -0.3 is 52.7 Å². The number of nitrogens with zero attached hydrogens (tertiary/aromatic N) is 15. The first-order valence-corrected chi connectivity index (χ1v) is 38.4. The Morgan fingerprint density at radius 2 is 0.863 bits per heavy atom. The fraction of sp³-hybridized carbons (Fsp3) is 0.150. The first-order valence-electron chi connectivity index (χ1n) is 35.3. The molecular weight excluding hydrogens is 1680 g/mol. The lowest BCUT2D eigenvalue weighted by Crippen LogP contribution is -2.39. The van der Waals surface area contributed by atoms with Gasteiger partial charge in [-0.15, -0.1) is 10.2 Å². The molecule has 0 saturated heterocycles. The SMILES string of the molecule is COCCN(C)C(=O)c1cnc2cc(CN)c(-c3ccc(Cl)cc3Cl)cn12.NCc1cc2ncc(C(=O)N3CCn4c(nnc4C(F)(F)F)C3)n2cc1-c1ccc(Cl)cc1Cl.NCc1cc2ncc(C(=O)Nc3cccnc3)n2cc1-c1ccc(Cl)cc1Cl.NCc1cc2ncc(C(=O)Nc3ccncc3)n2cc1-c1ccc(Cl)cc1Cl. The van der Waals surface area contributed by atoms with Gasteiger partial charge in [0.1, 0.15) is 45.4 Å². The average Bonchev–Trinajstić information content (AvgIpc) is 1.61. The van der Waals surface area contributed by atoms with Gasteiger partial charge in [-0.05, 0) is 119 Å². The number of imidazole rings is 4. The molecule has 16 rings (SSSR count). The number of alkyl halides is 3. The van der Waals surface area contributed by atoms with Gasteiger partial charge in [0, 0.05) is 194 Å². The summed E-state index contributed by atoms with van der Waals surface area (Å²) in [7, 11) is 3.33. The number of hydrogen-bond donors (Lipinski definition) is 6. The molecule has 10 N–H and O–H groups in total. The second-order valence-electron chi connectivity index (χ2n) is 26.1. The molecule has 4 amide bonds. The number of halogens is 11. The molecule has 4 aromatic carbocycles. The van der Waals surface area contributed by atoms with E-state index in [0.717, 1.165) is 60.2 Å². The molecule has 0 unspecified atom stereocenters. The number of nitrogens with one attached hydrogen (secondary N) is 2. The summed E-state index contributed by atoms with van der Waals surface area (Å²) in [5, 5.41) is 16.6. The maximum Gasteiger partial charge on any atom is 0.451 e. The Balaban J connectivity index is 0.000000136. The minimum absolute atomic E-state index is 0.0664. The van der Waals surface area contributed by atoms with Gasteiger partial charge >= 0.3 is 6.18 Å². The minimum Gasteiger partial charge on any atom is -0.383 e. The summed E-state index contributed by atoms with van der Waals surface area (Å²) in [5.74, 6) is -2.12. The normalized spacial score (nSPS) is 11.9. The van der Waals surface area contributed by atoms with Crippen molar-refractivity contribution >= 4 is 150 Å². The second-order valence-corrected chi connectivity index (χ2v) is 29.4. The number of methoxy groups -OCH3 is 1. The third-order valence-electron chi connectivity index (χ3n) is 18.7. The van der Waals surface area contributed by atoms with E-state index in [4.69, 9.17) is 120 Å². The summed E-state index contributed by atoms with van der Waals surface area (Å²) in [6, 6.07) is 35.2. The Hall–Kier alpha value is -11.1. The first kappa shape index (κ1) is 83.8. The number of carbonyl (C=O) groups excluding carboxylic acids is 4. The Morgan fingerprint density at radius 3 is 1.25 bits per heavy atom. The highest BCUT2D eigenvalue weighted by molar-refractivity contribution is 6.38. The van der Waals surface area contributed by atoms with Gasteiger partial charge in [-0.25, -0.2) is 19.9 Å². The van der Waals surface area contributed by atoms with Crippen LogP contribution in [0.25, 0.3) is 67.1 Å². The van der Waals surface area contributed by atoms with Crippen molar-refractivity contribution in [3.8, 4) is 44.5 Å². The van der Waals surface area contributed by atoms with Crippen molar-refractivity contribution in [1.29, 1.82) is 0 Å². The quantitative estimate of drug-likeness (QED) is 0.0493. The predicted octanol–water partition coefficient (Wildman–Crippen LogP) is 16.3. The summed E-state index contributed by atoms with van der Waals surface area (Å²) in [5.41, 5.74) is 38.4. The smallest absolute Gasteiger partial charge is 0.383 e. The largest absolute Gasteiger partial charge is 0.451 e. The molecule has 26 nitrogen and oxygen atoms in total. The van der Waals surface area contributed by atoms with E-state index in [1.165, 1.54) is 23.5 Å². The molecule has 1 aliphatic heterocycles. The Morgan fingerprint density at radius 1 is 0.470 bits per heavy atom. The molecule has 11 aromatic heterocycles. The van der Waals surface area contributed by atoms with Crippen LogP contribution < -0.4 is 33.6 Å². The molecule has 117 heavy (non-hydrogen) atoms. The lowest BCUT2D eigenvalue weighted by molar-refractivity contribution is -0.147. The van der Waals surface area contributed by atoms with E-state index in [9.17, 15) is 32.3 Å². The van der Waals surface area contributed by atoms with E-state index in [-0.39, 0.29) is 55.4 Å². The van der Waals surface area contributed by atoms with Crippen molar-refractivity contribution in [2.24, 2.45) is 22.9 Å². The standard InChI is InChI=1S/C21H16Cl2F3N7O.2C20H15Cl2N5O.C19H20Cl2N4O2/c22-12-1-2-13(15(23)6-12)14-9-33-16(8-28-17(33)5-11(14)7-27)19(34)31-3-4-32-18(10-31)29-30-20(32)21(24,25)26;21-13-1-2-15(17(22)8-13)16-11-27-18(10-25-19(27)7-12(16)9-23)20(28)26-14-3-5-24-6-4-14;21-13-3-4-15(17(22)7-13)16-11-27-18(10-25-19(27)6-12(16)8-23)20(28)26-14-2-1-5-24-9-14;1-24(5-6-27-2)19(26)17-10-23-18-7-12(9-22)15(11-25(17)18)14-4-3-13(20)8-16(14)21/h1-2,5-6,8-9H,3-4,7,10,27H2;1-8,10-11H,9,23H2,(H,24,26,28);1-7,9-11H,8,23H2,(H,26,28);3-4,7-8,10-11H,5-6,9,22H2,1-2H3. The molecule has 0 saturated carbocycles. The van der Waals surface area contributed by atoms with Crippen LogP contribution in [0.2, 0.25) is 40.2 Å². The molecular formula is C80H66Cl8F3N21O5. The van der Waals surface area contributed by atoms with Crippen LogP contribution in [0, 0.1) is 0 Å². The van der Waals surface area contributed by atoms with Crippen LogP contribution in [0.15, 0.2) is 196 Å². The monoisotopic (exact) mass is 1740 g/mol. The average molecular weight is 1740 g/mol. The number of carbonyl (C=O) groups is 4. The molecule has 598 valence electrons. The first-order chi connectivity index (χ1) is 56.2. The lowest BCUT2D eigenvalue weighted by atomic mass is 10.0. The topological polar surface area (TPSA) is 338 Å². The molecule has 0 fully saturated rings. The molecule has 12 heterocycles. The maximum absolute atomic E-state index is 13.3. The Kier molecular flexibility index (Phi) is 26.2. The predicted molar refractivity (Wildman–Crippen MR) is 447 cm³/mol. The van der Waals surface area contributed by atoms with E-state index < -0.39 is 17.9 Å². The van der Waals surface area contributed by atoms with Gasteiger partial charge in [-0.2, -0.15) is 13.2 Å². The summed E-state index contributed by atoms with van der Waals surface area (Å²) < 4.78 is 52.2. The van der Waals surface area contributed by atoms with E-state index in [1.807, 2.05) is 55.0 Å². The second kappa shape index (κ2) is 36.6. The highest BCUT2D eigenvalue weighted by Crippen LogP contribution is 2.39. The number of pyridine rings is 6. The lowest BCUT2D eigenvalue weighted by Gasteiger charge is -2.27. The number of aromatic nitrogens is 13. The summed E-state index contributed by atoms with van der Waals surface area (Å²) in [6.07, 6.45) is 15.1. The molecule has 37 heteroatoms. The van der Waals surface area contributed by atoms with Crippen molar-refractivity contribution in [3.05, 3.63) is 293 Å².